The summed E-state index contributed by atoms with van der Waals surface area (Å²) in [6, 6.07) is 1.20. The lowest BCUT2D eigenvalue weighted by atomic mass is 10.4. The van der Waals surface area contributed by atoms with Gasteiger partial charge in [0.15, 0.2) is 0 Å². The molecule has 0 spiro atoms. The summed E-state index contributed by atoms with van der Waals surface area (Å²) in [7, 11) is -0.938. The number of hydrogen-bond acceptors (Lipinski definition) is 2. The van der Waals surface area contributed by atoms with Crippen molar-refractivity contribution in [3.05, 3.63) is 0 Å². The molecular weight excluding hydrogens is 108 g/mol. The van der Waals surface area contributed by atoms with Gasteiger partial charge in [-0.25, -0.2) is 0 Å². The topological polar surface area (TPSA) is 25.1 Å². The first-order chi connectivity index (χ1) is 3.43. The van der Waals surface area contributed by atoms with Crippen molar-refractivity contribution in [2.24, 2.45) is 0 Å². The van der Waals surface area contributed by atoms with E-state index < -0.39 is 9.28 Å². The Labute approximate surface area is 45.2 Å². The first-order valence-electron chi connectivity index (χ1n) is 2.75. The first-order valence-corrected chi connectivity index (χ1v) is 4.51. The summed E-state index contributed by atoms with van der Waals surface area (Å²) in [6.07, 6.45) is 2.53. The van der Waals surface area contributed by atoms with Crippen molar-refractivity contribution < 1.29 is 9.15 Å². The third-order valence-electron chi connectivity index (χ3n) is 1.03. The Morgan fingerprint density at radius 1 is 1.43 bits per heavy atom. The Morgan fingerprint density at radius 3 is 2.57 bits per heavy atom. The molecule has 3 heteroatoms. The third kappa shape index (κ3) is 2.06. The molecule has 0 unspecified atom stereocenters. The van der Waals surface area contributed by atoms with Gasteiger partial charge in [0.05, 0.1) is 0 Å². The molecule has 0 radical (unpaired) electrons. The molecule has 0 aromatic rings. The summed E-state index contributed by atoms with van der Waals surface area (Å²) in [6.45, 7) is 2.18. The summed E-state index contributed by atoms with van der Waals surface area (Å²) >= 11 is 0. The van der Waals surface area contributed by atoms with Gasteiger partial charge in [0.25, 0.3) is 0 Å². The van der Waals surface area contributed by atoms with Crippen LogP contribution in [0.2, 0.25) is 6.04 Å². The molecule has 0 N–H and O–H groups in total. The minimum Gasteiger partial charge on any atom is -0.261 e. The molecular formula is C4H10O2Si. The zero-order valence-electron chi connectivity index (χ0n) is 4.52. The van der Waals surface area contributed by atoms with Crippen molar-refractivity contribution in [3.63, 3.8) is 0 Å². The molecule has 0 aromatic heterocycles. The highest BCUT2D eigenvalue weighted by molar-refractivity contribution is 6.49. The van der Waals surface area contributed by atoms with Gasteiger partial charge in [-0.3, -0.25) is 9.15 Å². The molecule has 0 amide bonds. The maximum absolute atomic E-state index is 4.65. The van der Waals surface area contributed by atoms with Crippen molar-refractivity contribution in [1.29, 1.82) is 0 Å². The molecule has 7 heavy (non-hydrogen) atoms. The van der Waals surface area contributed by atoms with E-state index in [9.17, 15) is 0 Å². The average molecular weight is 118 g/mol. The van der Waals surface area contributed by atoms with Crippen LogP contribution in [0.1, 0.15) is 19.8 Å². The smallest absolute Gasteiger partial charge is 0.261 e. The third-order valence-corrected chi connectivity index (χ3v) is 2.37. The molecule has 1 heterocycles. The molecule has 42 valence electrons. The van der Waals surface area contributed by atoms with E-state index in [-0.39, 0.29) is 0 Å². The fourth-order valence-electron chi connectivity index (χ4n) is 0.506. The lowest BCUT2D eigenvalue weighted by Gasteiger charge is -1.81. The maximum Gasteiger partial charge on any atom is 0.393 e. The minimum absolute atomic E-state index is 0.938. The highest BCUT2D eigenvalue weighted by Gasteiger charge is 2.28. The molecule has 1 aliphatic heterocycles. The first kappa shape index (κ1) is 5.28. The van der Waals surface area contributed by atoms with Crippen LogP contribution in [0.3, 0.4) is 0 Å². The van der Waals surface area contributed by atoms with Gasteiger partial charge in [0, 0.05) is 0 Å². The fraction of sp³-hybridized carbons (Fsp3) is 1.00. The lowest BCUT2D eigenvalue weighted by Crippen LogP contribution is -1.85. The van der Waals surface area contributed by atoms with E-state index >= 15 is 0 Å². The van der Waals surface area contributed by atoms with Crippen molar-refractivity contribution in [2.45, 2.75) is 25.8 Å². The van der Waals surface area contributed by atoms with Gasteiger partial charge in [0.1, 0.15) is 0 Å². The van der Waals surface area contributed by atoms with E-state index in [4.69, 9.17) is 0 Å². The van der Waals surface area contributed by atoms with E-state index in [2.05, 4.69) is 16.1 Å². The predicted molar refractivity (Wildman–Crippen MR) is 29.0 cm³/mol. The summed E-state index contributed by atoms with van der Waals surface area (Å²) in [5, 5.41) is 0. The Morgan fingerprint density at radius 2 is 2.14 bits per heavy atom. The SMILES string of the molecule is CCCC[SiH]1OO1. The summed E-state index contributed by atoms with van der Waals surface area (Å²) in [5.41, 5.74) is 0. The quantitative estimate of drug-likeness (QED) is 0.313. The van der Waals surface area contributed by atoms with Crippen LogP contribution in [0.25, 0.3) is 0 Å². The van der Waals surface area contributed by atoms with Crippen LogP contribution < -0.4 is 0 Å². The fourth-order valence-corrected chi connectivity index (χ4v) is 1.75. The number of rotatable bonds is 3. The second-order valence-electron chi connectivity index (χ2n) is 1.76. The Balaban J connectivity index is 1.80. The Kier molecular flexibility index (Phi) is 1.84. The number of unbranched alkanes of at least 4 members (excludes halogenated alkanes) is 1. The van der Waals surface area contributed by atoms with Crippen molar-refractivity contribution in [2.75, 3.05) is 0 Å². The molecule has 0 aliphatic carbocycles. The predicted octanol–water partition coefficient (Wildman–Crippen LogP) is 0.969. The lowest BCUT2D eigenvalue weighted by molar-refractivity contribution is 0.0850. The molecule has 0 bridgehead atoms. The van der Waals surface area contributed by atoms with Crippen LogP contribution in [-0.2, 0) is 9.15 Å². The van der Waals surface area contributed by atoms with E-state index in [0.717, 1.165) is 0 Å². The van der Waals surface area contributed by atoms with E-state index in [1.54, 1.807) is 0 Å². The van der Waals surface area contributed by atoms with E-state index in [1.807, 2.05) is 0 Å². The normalized spacial score (nSPS) is 20.1. The monoisotopic (exact) mass is 118 g/mol. The molecule has 1 rings (SSSR count). The average Bonchev–Trinajstić information content (AvgIpc) is 2.42. The molecule has 0 atom stereocenters. The van der Waals surface area contributed by atoms with Gasteiger partial charge < -0.3 is 0 Å². The largest absolute Gasteiger partial charge is 0.393 e. The minimum atomic E-state index is -0.938. The Hall–Kier alpha value is 0.137. The van der Waals surface area contributed by atoms with Gasteiger partial charge in [-0.1, -0.05) is 19.8 Å². The highest BCUT2D eigenvalue weighted by atomic mass is 28.3. The van der Waals surface area contributed by atoms with Crippen LogP contribution in [0.5, 0.6) is 0 Å². The second kappa shape index (κ2) is 2.45. The van der Waals surface area contributed by atoms with Crippen molar-refractivity contribution in [3.8, 4) is 0 Å². The van der Waals surface area contributed by atoms with Crippen LogP contribution in [0, 0.1) is 0 Å². The summed E-state index contributed by atoms with van der Waals surface area (Å²) in [5.74, 6) is 0. The van der Waals surface area contributed by atoms with Crippen LogP contribution >= 0.6 is 0 Å². The molecule has 1 fully saturated rings. The van der Waals surface area contributed by atoms with Gasteiger partial charge >= 0.3 is 9.28 Å². The van der Waals surface area contributed by atoms with Gasteiger partial charge in [-0.15, -0.1) is 0 Å². The molecule has 0 saturated carbocycles. The Bertz CT molecular complexity index is 53.7. The molecule has 0 aromatic carbocycles. The standard InChI is InChI=1S/C4H10O2Si/c1-2-3-4-7-5-6-7/h7H,2-4H2,1H3. The van der Waals surface area contributed by atoms with E-state index in [1.165, 1.54) is 18.9 Å². The van der Waals surface area contributed by atoms with Crippen LogP contribution in [-0.4, -0.2) is 9.28 Å². The number of hydrogen-bond donors (Lipinski definition) is 0. The van der Waals surface area contributed by atoms with Crippen LogP contribution in [0.4, 0.5) is 0 Å². The molecule has 1 aliphatic rings. The summed E-state index contributed by atoms with van der Waals surface area (Å²) < 4.78 is 9.30. The summed E-state index contributed by atoms with van der Waals surface area (Å²) in [4.78, 5) is 0. The highest BCUT2D eigenvalue weighted by Crippen LogP contribution is 2.14. The van der Waals surface area contributed by atoms with E-state index in [0.29, 0.717) is 0 Å². The van der Waals surface area contributed by atoms with Crippen molar-refractivity contribution >= 4 is 9.28 Å². The van der Waals surface area contributed by atoms with Crippen LogP contribution in [0.15, 0.2) is 0 Å². The van der Waals surface area contributed by atoms with Gasteiger partial charge in [-0.2, -0.15) is 0 Å². The second-order valence-corrected chi connectivity index (χ2v) is 3.59. The molecule has 2 nitrogen and oxygen atoms in total. The van der Waals surface area contributed by atoms with Gasteiger partial charge in [-0.05, 0) is 6.04 Å². The van der Waals surface area contributed by atoms with Gasteiger partial charge in [0.2, 0.25) is 0 Å². The zero-order chi connectivity index (χ0) is 5.11. The molecule has 1 saturated heterocycles. The van der Waals surface area contributed by atoms with Crippen molar-refractivity contribution in [1.82, 2.24) is 0 Å². The maximum atomic E-state index is 4.65. The zero-order valence-corrected chi connectivity index (χ0v) is 5.67.